The fourth-order valence-corrected chi connectivity index (χ4v) is 5.04. The van der Waals surface area contributed by atoms with E-state index in [2.05, 4.69) is 24.0 Å². The summed E-state index contributed by atoms with van der Waals surface area (Å²) in [6.07, 6.45) is 1.68. The number of sulfonamides is 1. The third-order valence-electron chi connectivity index (χ3n) is 5.42. The number of fused-ring (bicyclic) bond motifs is 1. The zero-order valence-electron chi connectivity index (χ0n) is 16.5. The molecule has 0 bridgehead atoms. The number of para-hydroxylation sites is 1. The molecule has 0 radical (unpaired) electrons. The number of rotatable bonds is 4. The molecule has 0 saturated carbocycles. The van der Waals surface area contributed by atoms with Gasteiger partial charge in [0.15, 0.2) is 0 Å². The molecule has 2 heterocycles. The van der Waals surface area contributed by atoms with Gasteiger partial charge in [-0.2, -0.15) is 9.40 Å². The number of piperazine rings is 1. The molecule has 0 unspecified atom stereocenters. The Morgan fingerprint density at radius 2 is 1.72 bits per heavy atom. The summed E-state index contributed by atoms with van der Waals surface area (Å²) in [5.74, 6) is 0.235. The lowest BCUT2D eigenvalue weighted by Gasteiger charge is -2.34. The van der Waals surface area contributed by atoms with E-state index in [0.717, 1.165) is 10.9 Å². The summed E-state index contributed by atoms with van der Waals surface area (Å²) in [7, 11) is -3.56. The quantitative estimate of drug-likeness (QED) is 0.714. The molecule has 1 amide bonds. The highest BCUT2D eigenvalue weighted by atomic mass is 32.2. The van der Waals surface area contributed by atoms with Crippen LogP contribution in [0.1, 0.15) is 35.7 Å². The van der Waals surface area contributed by atoms with Gasteiger partial charge in [0.1, 0.15) is 0 Å². The van der Waals surface area contributed by atoms with Gasteiger partial charge in [-0.15, -0.1) is 0 Å². The first-order valence-electron chi connectivity index (χ1n) is 9.69. The van der Waals surface area contributed by atoms with Crippen LogP contribution in [0, 0.1) is 0 Å². The van der Waals surface area contributed by atoms with Gasteiger partial charge in [0.25, 0.3) is 5.91 Å². The van der Waals surface area contributed by atoms with Crippen molar-refractivity contribution >= 4 is 26.8 Å². The number of H-pyrrole nitrogens is 1. The Bertz CT molecular complexity index is 1130. The molecule has 0 spiro atoms. The lowest BCUT2D eigenvalue weighted by Crippen LogP contribution is -2.50. The zero-order valence-corrected chi connectivity index (χ0v) is 17.3. The van der Waals surface area contributed by atoms with Crippen LogP contribution in [0.15, 0.2) is 53.6 Å². The number of hydrogen-bond acceptors (Lipinski definition) is 4. The van der Waals surface area contributed by atoms with Crippen LogP contribution in [0.2, 0.25) is 0 Å². The molecule has 1 aromatic heterocycles. The minimum atomic E-state index is -3.56. The lowest BCUT2D eigenvalue weighted by molar-refractivity contribution is 0.0699. The number of benzene rings is 2. The van der Waals surface area contributed by atoms with Crippen LogP contribution < -0.4 is 0 Å². The van der Waals surface area contributed by atoms with E-state index in [1.807, 2.05) is 24.3 Å². The van der Waals surface area contributed by atoms with E-state index >= 15 is 0 Å². The Morgan fingerprint density at radius 3 is 2.38 bits per heavy atom. The molecule has 0 aliphatic carbocycles. The molecule has 1 aliphatic rings. The first-order valence-corrected chi connectivity index (χ1v) is 11.1. The predicted molar refractivity (Wildman–Crippen MR) is 111 cm³/mol. The fraction of sp³-hybridized carbons (Fsp3) is 0.333. The standard InChI is InChI=1S/C21H24N4O3S/c1-15(2)16-6-8-18(9-7-16)29(27,28)25-12-10-24(11-13-25)21(26)19-5-3-4-17-14-22-23-20(17)19/h3-9,14-15H,10-13H2,1-2H3,(H,22,23). The number of aromatic amines is 1. The minimum absolute atomic E-state index is 0.113. The highest BCUT2D eigenvalue weighted by Gasteiger charge is 2.31. The van der Waals surface area contributed by atoms with E-state index in [9.17, 15) is 13.2 Å². The molecule has 1 aliphatic heterocycles. The van der Waals surface area contributed by atoms with E-state index in [1.165, 1.54) is 4.31 Å². The molecule has 1 fully saturated rings. The predicted octanol–water partition coefficient (Wildman–Crippen LogP) is 2.83. The summed E-state index contributed by atoms with van der Waals surface area (Å²) in [6.45, 7) is 5.41. The summed E-state index contributed by atoms with van der Waals surface area (Å²) in [5.41, 5.74) is 2.37. The average Bonchev–Trinajstić information content (AvgIpc) is 3.22. The largest absolute Gasteiger partial charge is 0.336 e. The van der Waals surface area contributed by atoms with Crippen molar-refractivity contribution in [1.82, 2.24) is 19.4 Å². The van der Waals surface area contributed by atoms with Crippen molar-refractivity contribution in [2.75, 3.05) is 26.2 Å². The number of carbonyl (C=O) groups is 1. The fourth-order valence-electron chi connectivity index (χ4n) is 3.62. The third kappa shape index (κ3) is 3.65. The Labute approximate surface area is 170 Å². The summed E-state index contributed by atoms with van der Waals surface area (Å²) in [4.78, 5) is 14.9. The third-order valence-corrected chi connectivity index (χ3v) is 7.33. The highest BCUT2D eigenvalue weighted by molar-refractivity contribution is 7.89. The average molecular weight is 413 g/mol. The molecule has 0 atom stereocenters. The zero-order chi connectivity index (χ0) is 20.6. The van der Waals surface area contributed by atoms with Crippen molar-refractivity contribution in [2.24, 2.45) is 0 Å². The van der Waals surface area contributed by atoms with E-state index in [1.54, 1.807) is 29.3 Å². The SMILES string of the molecule is CC(C)c1ccc(S(=O)(=O)N2CCN(C(=O)c3cccc4cn[nH]c34)CC2)cc1. The monoisotopic (exact) mass is 412 g/mol. The molecule has 8 heteroatoms. The topological polar surface area (TPSA) is 86.4 Å². The molecule has 3 aromatic rings. The molecule has 1 saturated heterocycles. The molecule has 4 rings (SSSR count). The maximum atomic E-state index is 13.0. The van der Waals surface area contributed by atoms with Gasteiger partial charge < -0.3 is 4.90 Å². The Morgan fingerprint density at radius 1 is 1.03 bits per heavy atom. The van der Waals surface area contributed by atoms with Crippen molar-refractivity contribution in [3.63, 3.8) is 0 Å². The number of nitrogens with one attached hydrogen (secondary N) is 1. The number of aromatic nitrogens is 2. The maximum Gasteiger partial charge on any atom is 0.256 e. The summed E-state index contributed by atoms with van der Waals surface area (Å²) in [6, 6.07) is 12.5. The highest BCUT2D eigenvalue weighted by Crippen LogP contribution is 2.23. The first-order chi connectivity index (χ1) is 13.9. The summed E-state index contributed by atoms with van der Waals surface area (Å²) < 4.78 is 27.4. The van der Waals surface area contributed by atoms with Crippen LogP contribution in [0.5, 0.6) is 0 Å². The van der Waals surface area contributed by atoms with Crippen molar-refractivity contribution < 1.29 is 13.2 Å². The molecular weight excluding hydrogens is 388 g/mol. The molecule has 29 heavy (non-hydrogen) atoms. The van der Waals surface area contributed by atoms with Crippen LogP contribution >= 0.6 is 0 Å². The second-order valence-corrected chi connectivity index (χ2v) is 9.50. The second-order valence-electron chi connectivity index (χ2n) is 7.56. The molecule has 152 valence electrons. The summed E-state index contributed by atoms with van der Waals surface area (Å²) in [5, 5.41) is 7.75. The smallest absolute Gasteiger partial charge is 0.256 e. The lowest BCUT2D eigenvalue weighted by atomic mass is 10.0. The van der Waals surface area contributed by atoms with Gasteiger partial charge in [-0.1, -0.05) is 38.1 Å². The van der Waals surface area contributed by atoms with Crippen LogP contribution in [-0.4, -0.2) is 59.9 Å². The van der Waals surface area contributed by atoms with Crippen molar-refractivity contribution in [3.8, 4) is 0 Å². The van der Waals surface area contributed by atoms with E-state index in [-0.39, 0.29) is 19.0 Å². The molecular formula is C21H24N4O3S. The summed E-state index contributed by atoms with van der Waals surface area (Å²) >= 11 is 0. The molecule has 2 aromatic carbocycles. The number of amides is 1. The Balaban J connectivity index is 1.47. The Kier molecular flexibility index (Phi) is 5.14. The van der Waals surface area contributed by atoms with E-state index in [4.69, 9.17) is 0 Å². The Hall–Kier alpha value is -2.71. The van der Waals surface area contributed by atoms with Crippen LogP contribution in [0.25, 0.3) is 10.9 Å². The van der Waals surface area contributed by atoms with Gasteiger partial charge in [-0.3, -0.25) is 9.89 Å². The van der Waals surface area contributed by atoms with Crippen LogP contribution in [0.4, 0.5) is 0 Å². The second kappa shape index (κ2) is 7.61. The minimum Gasteiger partial charge on any atom is -0.336 e. The van der Waals surface area contributed by atoms with Gasteiger partial charge >= 0.3 is 0 Å². The normalized spacial score (nSPS) is 15.9. The first kappa shape index (κ1) is 19.6. The number of carbonyl (C=O) groups excluding carboxylic acids is 1. The van der Waals surface area contributed by atoms with Gasteiger partial charge in [0.05, 0.1) is 22.2 Å². The van der Waals surface area contributed by atoms with Gasteiger partial charge in [0, 0.05) is 31.6 Å². The number of nitrogens with zero attached hydrogens (tertiary/aromatic N) is 3. The molecule has 7 nitrogen and oxygen atoms in total. The van der Waals surface area contributed by atoms with Crippen LogP contribution in [-0.2, 0) is 10.0 Å². The van der Waals surface area contributed by atoms with Crippen LogP contribution in [0.3, 0.4) is 0 Å². The van der Waals surface area contributed by atoms with Crippen molar-refractivity contribution in [1.29, 1.82) is 0 Å². The van der Waals surface area contributed by atoms with Gasteiger partial charge in [-0.05, 0) is 29.7 Å². The number of hydrogen-bond donors (Lipinski definition) is 1. The maximum absolute atomic E-state index is 13.0. The van der Waals surface area contributed by atoms with Gasteiger partial charge in [0.2, 0.25) is 10.0 Å². The van der Waals surface area contributed by atoms with E-state index in [0.29, 0.717) is 35.0 Å². The van der Waals surface area contributed by atoms with Gasteiger partial charge in [-0.25, -0.2) is 8.42 Å². The van der Waals surface area contributed by atoms with Crippen molar-refractivity contribution in [3.05, 3.63) is 59.8 Å². The van der Waals surface area contributed by atoms with E-state index < -0.39 is 10.0 Å². The van der Waals surface area contributed by atoms with Crippen molar-refractivity contribution in [2.45, 2.75) is 24.7 Å². The molecule has 1 N–H and O–H groups in total.